The molecule has 24 heavy (non-hydrogen) atoms. The molecule has 0 aliphatic heterocycles. The van der Waals surface area contributed by atoms with Crippen LogP contribution < -0.4 is 0 Å². The molecule has 0 spiro atoms. The summed E-state index contributed by atoms with van der Waals surface area (Å²) in [6, 6.07) is 10.7. The van der Waals surface area contributed by atoms with Gasteiger partial charge in [-0.25, -0.2) is 8.42 Å². The maximum atomic E-state index is 12.6. The van der Waals surface area contributed by atoms with E-state index in [0.29, 0.717) is 5.56 Å². The van der Waals surface area contributed by atoms with Gasteiger partial charge in [0.2, 0.25) is 0 Å². The standard InChI is InChI=1S/C18H15F3O2S/c19-18(20,21)24(22,23)15-11-9-14(10-12-15)17-8-4-6-13-5-2-1-3-7-16(13)17/h2,4-6,8-12H,1,3,7H2. The molecule has 0 saturated heterocycles. The third kappa shape index (κ3) is 2.98. The number of benzene rings is 2. The lowest BCUT2D eigenvalue weighted by atomic mass is 9.93. The number of hydrogen-bond acceptors (Lipinski definition) is 2. The summed E-state index contributed by atoms with van der Waals surface area (Å²) in [5, 5.41) is 0. The third-order valence-electron chi connectivity index (χ3n) is 4.09. The smallest absolute Gasteiger partial charge is 0.214 e. The van der Waals surface area contributed by atoms with Crippen LogP contribution in [0.5, 0.6) is 0 Å². The van der Waals surface area contributed by atoms with Crippen molar-refractivity contribution in [2.75, 3.05) is 0 Å². The van der Waals surface area contributed by atoms with Gasteiger partial charge in [0.15, 0.2) is 0 Å². The second kappa shape index (κ2) is 6.09. The van der Waals surface area contributed by atoms with E-state index in [1.165, 1.54) is 12.1 Å². The van der Waals surface area contributed by atoms with Crippen molar-refractivity contribution in [2.24, 2.45) is 0 Å². The molecule has 0 radical (unpaired) electrons. The predicted octanol–water partition coefficient (Wildman–Crippen LogP) is 5.00. The van der Waals surface area contributed by atoms with E-state index in [2.05, 4.69) is 6.08 Å². The van der Waals surface area contributed by atoms with Gasteiger partial charge in [-0.15, -0.1) is 0 Å². The van der Waals surface area contributed by atoms with Gasteiger partial charge in [0.05, 0.1) is 4.90 Å². The van der Waals surface area contributed by atoms with Crippen molar-refractivity contribution >= 4 is 15.9 Å². The molecule has 0 bridgehead atoms. The molecule has 2 aromatic rings. The molecule has 126 valence electrons. The summed E-state index contributed by atoms with van der Waals surface area (Å²) in [6.07, 6.45) is 7.02. The molecule has 0 N–H and O–H groups in total. The summed E-state index contributed by atoms with van der Waals surface area (Å²) >= 11 is 0. The highest BCUT2D eigenvalue weighted by Crippen LogP contribution is 2.34. The average molecular weight is 352 g/mol. The number of rotatable bonds is 2. The van der Waals surface area contributed by atoms with Crippen LogP contribution in [0.25, 0.3) is 17.2 Å². The van der Waals surface area contributed by atoms with E-state index >= 15 is 0 Å². The minimum absolute atomic E-state index is 0.711. The molecular formula is C18H15F3O2S. The fourth-order valence-corrected chi connectivity index (χ4v) is 3.63. The van der Waals surface area contributed by atoms with Crippen molar-refractivity contribution in [3.05, 3.63) is 59.7 Å². The highest BCUT2D eigenvalue weighted by molar-refractivity contribution is 7.92. The van der Waals surface area contributed by atoms with Crippen LogP contribution in [0.3, 0.4) is 0 Å². The van der Waals surface area contributed by atoms with Gasteiger partial charge in [-0.1, -0.05) is 42.5 Å². The summed E-state index contributed by atoms with van der Waals surface area (Å²) in [4.78, 5) is -0.735. The van der Waals surface area contributed by atoms with Gasteiger partial charge in [0, 0.05) is 0 Å². The molecule has 0 heterocycles. The van der Waals surface area contributed by atoms with Crippen LogP contribution in [0.15, 0.2) is 53.4 Å². The fraction of sp³-hybridized carbons (Fsp3) is 0.222. The lowest BCUT2D eigenvalue weighted by molar-refractivity contribution is -0.0436. The Hall–Kier alpha value is -2.08. The minimum Gasteiger partial charge on any atom is -0.214 e. The Morgan fingerprint density at radius 3 is 2.33 bits per heavy atom. The van der Waals surface area contributed by atoms with Crippen molar-refractivity contribution in [3.8, 4) is 11.1 Å². The molecule has 0 amide bonds. The monoisotopic (exact) mass is 352 g/mol. The summed E-state index contributed by atoms with van der Waals surface area (Å²) in [5.74, 6) is 0. The maximum Gasteiger partial charge on any atom is 0.501 e. The van der Waals surface area contributed by atoms with Gasteiger partial charge in [0.1, 0.15) is 0 Å². The first-order chi connectivity index (χ1) is 11.3. The zero-order chi connectivity index (χ0) is 17.4. The topological polar surface area (TPSA) is 34.1 Å². The van der Waals surface area contributed by atoms with Crippen molar-refractivity contribution in [2.45, 2.75) is 29.7 Å². The van der Waals surface area contributed by atoms with E-state index in [0.717, 1.165) is 48.1 Å². The van der Waals surface area contributed by atoms with E-state index in [4.69, 9.17) is 0 Å². The van der Waals surface area contributed by atoms with Gasteiger partial charge >= 0.3 is 5.51 Å². The molecule has 0 aromatic heterocycles. The molecular weight excluding hydrogens is 337 g/mol. The fourth-order valence-electron chi connectivity index (χ4n) is 2.86. The van der Waals surface area contributed by atoms with Crippen LogP contribution in [-0.2, 0) is 16.3 Å². The highest BCUT2D eigenvalue weighted by atomic mass is 32.2. The van der Waals surface area contributed by atoms with Gasteiger partial charge in [-0.3, -0.25) is 0 Å². The Bertz CT molecular complexity index is 879. The summed E-state index contributed by atoms with van der Waals surface area (Å²) < 4.78 is 60.7. The van der Waals surface area contributed by atoms with Crippen LogP contribution in [0, 0.1) is 0 Å². The Morgan fingerprint density at radius 1 is 0.958 bits per heavy atom. The van der Waals surface area contributed by atoms with Crippen molar-refractivity contribution < 1.29 is 21.6 Å². The van der Waals surface area contributed by atoms with E-state index < -0.39 is 20.2 Å². The van der Waals surface area contributed by atoms with E-state index in [1.54, 1.807) is 0 Å². The van der Waals surface area contributed by atoms with Gasteiger partial charge in [-0.2, -0.15) is 13.2 Å². The Morgan fingerprint density at radius 2 is 1.67 bits per heavy atom. The predicted molar refractivity (Wildman–Crippen MR) is 87.1 cm³/mol. The Balaban J connectivity index is 2.03. The molecule has 3 rings (SSSR count). The van der Waals surface area contributed by atoms with Crippen LogP contribution in [-0.4, -0.2) is 13.9 Å². The SMILES string of the molecule is O=S(=O)(c1ccc(-c2cccc3c2CCCC=C3)cc1)C(F)(F)F. The van der Waals surface area contributed by atoms with Crippen LogP contribution >= 0.6 is 0 Å². The summed E-state index contributed by atoms with van der Waals surface area (Å²) in [6.45, 7) is 0. The minimum atomic E-state index is -5.31. The van der Waals surface area contributed by atoms with Crippen molar-refractivity contribution in [1.29, 1.82) is 0 Å². The molecule has 0 saturated carbocycles. The van der Waals surface area contributed by atoms with E-state index in [-0.39, 0.29) is 0 Å². The van der Waals surface area contributed by atoms with Gasteiger partial charge in [0.25, 0.3) is 9.84 Å². The lowest BCUT2D eigenvalue weighted by Gasteiger charge is -2.13. The number of fused-ring (bicyclic) bond motifs is 1. The first-order valence-electron chi connectivity index (χ1n) is 7.51. The number of halogens is 3. The molecule has 6 heteroatoms. The summed E-state index contributed by atoms with van der Waals surface area (Å²) in [5.41, 5.74) is -1.42. The van der Waals surface area contributed by atoms with Gasteiger partial charge in [-0.05, 0) is 53.6 Å². The quantitative estimate of drug-likeness (QED) is 0.762. The van der Waals surface area contributed by atoms with Crippen molar-refractivity contribution in [1.82, 2.24) is 0 Å². The molecule has 1 aliphatic carbocycles. The zero-order valence-electron chi connectivity index (χ0n) is 12.7. The van der Waals surface area contributed by atoms with Crippen LogP contribution in [0.4, 0.5) is 13.2 Å². The van der Waals surface area contributed by atoms with Crippen LogP contribution in [0.2, 0.25) is 0 Å². The normalized spacial score (nSPS) is 15.0. The maximum absolute atomic E-state index is 12.6. The molecule has 2 nitrogen and oxygen atoms in total. The molecule has 0 atom stereocenters. The molecule has 0 fully saturated rings. The highest BCUT2D eigenvalue weighted by Gasteiger charge is 2.46. The number of sulfone groups is 1. The number of allylic oxidation sites excluding steroid dienone is 1. The largest absolute Gasteiger partial charge is 0.501 e. The lowest BCUT2D eigenvalue weighted by Crippen LogP contribution is -2.23. The third-order valence-corrected chi connectivity index (χ3v) is 5.59. The van der Waals surface area contributed by atoms with E-state index in [1.807, 2.05) is 24.3 Å². The average Bonchev–Trinajstić information content (AvgIpc) is 2.79. The summed E-state index contributed by atoms with van der Waals surface area (Å²) in [7, 11) is -5.31. The first kappa shape index (κ1) is 16.8. The van der Waals surface area contributed by atoms with Crippen molar-refractivity contribution in [3.63, 3.8) is 0 Å². The first-order valence-corrected chi connectivity index (χ1v) is 8.99. The number of hydrogen-bond donors (Lipinski definition) is 0. The molecule has 1 aliphatic rings. The molecule has 2 aromatic carbocycles. The Labute approximate surface area is 138 Å². The second-order valence-electron chi connectivity index (χ2n) is 5.64. The Kier molecular flexibility index (Phi) is 4.25. The van der Waals surface area contributed by atoms with Gasteiger partial charge < -0.3 is 0 Å². The molecule has 0 unspecified atom stereocenters. The second-order valence-corrected chi connectivity index (χ2v) is 7.58. The number of alkyl halides is 3. The van der Waals surface area contributed by atoms with Crippen LogP contribution in [0.1, 0.15) is 24.0 Å². The zero-order valence-corrected chi connectivity index (χ0v) is 13.5. The van der Waals surface area contributed by atoms with E-state index in [9.17, 15) is 21.6 Å².